The highest BCUT2D eigenvalue weighted by Crippen LogP contribution is 2.27. The zero-order chi connectivity index (χ0) is 23.2. The standard InChI is InChI=1S/C22H16F5N3O2/c1-29(21(31)13-6-16(24)19(26)20(27)18(13)25)8-11-9-30(10-11)22(32)17-14-7-28-5-4-12(14)2-3-15(17)23/h2-7,11H,8-10H2,1H3. The van der Waals surface area contributed by atoms with E-state index in [-0.39, 0.29) is 31.1 Å². The Kier molecular flexibility index (Phi) is 5.53. The molecule has 1 fully saturated rings. The lowest BCUT2D eigenvalue weighted by Crippen LogP contribution is -2.54. The Balaban J connectivity index is 1.43. The van der Waals surface area contributed by atoms with Crippen LogP contribution in [0.25, 0.3) is 10.8 Å². The first-order chi connectivity index (χ1) is 15.2. The Bertz CT molecular complexity index is 1240. The summed E-state index contributed by atoms with van der Waals surface area (Å²) in [7, 11) is 1.29. The Morgan fingerprint density at radius 2 is 1.75 bits per heavy atom. The molecule has 0 unspecified atom stereocenters. The van der Waals surface area contributed by atoms with Crippen LogP contribution in [0, 0.1) is 35.0 Å². The maximum atomic E-state index is 14.4. The predicted octanol–water partition coefficient (Wildman–Crippen LogP) is 3.77. The summed E-state index contributed by atoms with van der Waals surface area (Å²) < 4.78 is 68.2. The van der Waals surface area contributed by atoms with Gasteiger partial charge in [0.25, 0.3) is 11.8 Å². The summed E-state index contributed by atoms with van der Waals surface area (Å²) in [5.41, 5.74) is -1.03. The van der Waals surface area contributed by atoms with Gasteiger partial charge in [-0.1, -0.05) is 6.07 Å². The molecule has 1 aliphatic heterocycles. The predicted molar refractivity (Wildman–Crippen MR) is 104 cm³/mol. The van der Waals surface area contributed by atoms with Crippen LogP contribution in [0.5, 0.6) is 0 Å². The topological polar surface area (TPSA) is 53.5 Å². The first-order valence-electron chi connectivity index (χ1n) is 9.59. The van der Waals surface area contributed by atoms with E-state index in [1.165, 1.54) is 30.4 Å². The number of carbonyl (C=O) groups is 2. The van der Waals surface area contributed by atoms with Crippen LogP contribution < -0.4 is 0 Å². The SMILES string of the molecule is CN(CC1CN(C(=O)c2c(F)ccc3ccncc23)C1)C(=O)c1cc(F)c(F)c(F)c1F. The smallest absolute Gasteiger partial charge is 0.257 e. The van der Waals surface area contributed by atoms with Crippen LogP contribution in [0.1, 0.15) is 20.7 Å². The molecule has 166 valence electrons. The maximum Gasteiger partial charge on any atom is 0.257 e. The Hall–Kier alpha value is -3.56. The number of amides is 2. The molecule has 0 spiro atoms. The molecular weight excluding hydrogens is 433 g/mol. The van der Waals surface area contributed by atoms with Gasteiger partial charge in [0, 0.05) is 50.4 Å². The number of benzene rings is 2. The number of carbonyl (C=O) groups excluding carboxylic acids is 2. The lowest BCUT2D eigenvalue weighted by atomic mass is 9.96. The number of pyridine rings is 1. The van der Waals surface area contributed by atoms with Crippen LogP contribution in [-0.4, -0.2) is 53.3 Å². The zero-order valence-corrected chi connectivity index (χ0v) is 16.7. The fraction of sp³-hybridized carbons (Fsp3) is 0.227. The van der Waals surface area contributed by atoms with Crippen LogP contribution in [0.4, 0.5) is 22.0 Å². The average Bonchev–Trinajstić information content (AvgIpc) is 2.75. The van der Waals surface area contributed by atoms with Crippen LogP contribution in [0.2, 0.25) is 0 Å². The van der Waals surface area contributed by atoms with Gasteiger partial charge in [-0.25, -0.2) is 22.0 Å². The monoisotopic (exact) mass is 449 g/mol. The molecule has 3 aromatic rings. The van der Waals surface area contributed by atoms with Crippen molar-refractivity contribution in [2.45, 2.75) is 0 Å². The molecule has 1 aromatic heterocycles. The Morgan fingerprint density at radius 3 is 2.47 bits per heavy atom. The Morgan fingerprint density at radius 1 is 1.03 bits per heavy atom. The summed E-state index contributed by atoms with van der Waals surface area (Å²) >= 11 is 0. The summed E-state index contributed by atoms with van der Waals surface area (Å²) in [4.78, 5) is 31.6. The number of hydrogen-bond acceptors (Lipinski definition) is 3. The van der Waals surface area contributed by atoms with Gasteiger partial charge < -0.3 is 9.80 Å². The van der Waals surface area contributed by atoms with E-state index in [0.29, 0.717) is 16.8 Å². The van der Waals surface area contributed by atoms with Crippen molar-refractivity contribution in [1.29, 1.82) is 0 Å². The summed E-state index contributed by atoms with van der Waals surface area (Å²) in [5, 5.41) is 1.04. The van der Waals surface area contributed by atoms with Gasteiger partial charge in [-0.2, -0.15) is 0 Å². The van der Waals surface area contributed by atoms with E-state index < -0.39 is 46.5 Å². The van der Waals surface area contributed by atoms with E-state index in [4.69, 9.17) is 0 Å². The molecule has 2 aromatic carbocycles. The van der Waals surface area contributed by atoms with Gasteiger partial charge in [-0.05, 0) is 23.6 Å². The molecule has 32 heavy (non-hydrogen) atoms. The lowest BCUT2D eigenvalue weighted by Gasteiger charge is -2.41. The fourth-order valence-electron chi connectivity index (χ4n) is 3.77. The van der Waals surface area contributed by atoms with Crippen molar-refractivity contribution < 1.29 is 31.5 Å². The minimum Gasteiger partial charge on any atom is -0.341 e. The second-order valence-corrected chi connectivity index (χ2v) is 7.63. The summed E-state index contributed by atoms with van der Waals surface area (Å²) in [6.07, 6.45) is 2.94. The highest BCUT2D eigenvalue weighted by molar-refractivity contribution is 6.07. The van der Waals surface area contributed by atoms with E-state index in [9.17, 15) is 31.5 Å². The van der Waals surface area contributed by atoms with Crippen molar-refractivity contribution >= 4 is 22.6 Å². The minimum atomic E-state index is -2.06. The molecule has 0 aliphatic carbocycles. The number of likely N-dealkylation sites (tertiary alicyclic amines) is 1. The van der Waals surface area contributed by atoms with Crippen LogP contribution in [0.15, 0.2) is 36.7 Å². The quantitative estimate of drug-likeness (QED) is 0.346. The number of halogens is 5. The fourth-order valence-corrected chi connectivity index (χ4v) is 3.77. The summed E-state index contributed by atoms with van der Waals surface area (Å²) in [5.74, 6) is -9.96. The van der Waals surface area contributed by atoms with Crippen molar-refractivity contribution in [3.63, 3.8) is 0 Å². The lowest BCUT2D eigenvalue weighted by molar-refractivity contribution is 0.0412. The molecule has 1 aliphatic rings. The third-order valence-corrected chi connectivity index (χ3v) is 5.44. The summed E-state index contributed by atoms with van der Waals surface area (Å²) in [6.45, 7) is 0.435. The van der Waals surface area contributed by atoms with E-state index in [1.807, 2.05) is 0 Å². The molecule has 2 amide bonds. The number of nitrogens with zero attached hydrogens (tertiary/aromatic N) is 3. The van der Waals surface area contributed by atoms with Crippen molar-refractivity contribution in [2.75, 3.05) is 26.7 Å². The first kappa shape index (κ1) is 21.7. The van der Waals surface area contributed by atoms with Gasteiger partial charge in [0.1, 0.15) is 5.82 Å². The molecule has 2 heterocycles. The largest absolute Gasteiger partial charge is 0.341 e. The number of fused-ring (bicyclic) bond motifs is 1. The van der Waals surface area contributed by atoms with Gasteiger partial charge in [0.2, 0.25) is 0 Å². The minimum absolute atomic E-state index is 0.0439. The van der Waals surface area contributed by atoms with Gasteiger partial charge in [0.15, 0.2) is 23.3 Å². The van der Waals surface area contributed by atoms with Gasteiger partial charge in [-0.3, -0.25) is 14.6 Å². The third-order valence-electron chi connectivity index (χ3n) is 5.44. The second kappa shape index (κ2) is 8.18. The van der Waals surface area contributed by atoms with Crippen LogP contribution >= 0.6 is 0 Å². The number of hydrogen-bond donors (Lipinski definition) is 0. The zero-order valence-electron chi connectivity index (χ0n) is 16.7. The van der Waals surface area contributed by atoms with Crippen molar-refractivity contribution in [1.82, 2.24) is 14.8 Å². The molecule has 0 atom stereocenters. The van der Waals surface area contributed by atoms with Gasteiger partial charge in [0.05, 0.1) is 11.1 Å². The molecular formula is C22H16F5N3O2. The van der Waals surface area contributed by atoms with Crippen LogP contribution in [-0.2, 0) is 0 Å². The molecule has 5 nitrogen and oxygen atoms in total. The highest BCUT2D eigenvalue weighted by Gasteiger charge is 2.35. The van der Waals surface area contributed by atoms with E-state index in [0.717, 1.165) is 4.90 Å². The van der Waals surface area contributed by atoms with E-state index >= 15 is 0 Å². The number of aromatic nitrogens is 1. The van der Waals surface area contributed by atoms with Crippen molar-refractivity contribution in [2.24, 2.45) is 5.92 Å². The van der Waals surface area contributed by atoms with E-state index in [1.54, 1.807) is 12.1 Å². The Labute approximate surface area is 179 Å². The third kappa shape index (κ3) is 3.65. The molecule has 0 saturated carbocycles. The molecule has 0 radical (unpaired) electrons. The molecule has 0 bridgehead atoms. The average molecular weight is 449 g/mol. The maximum absolute atomic E-state index is 14.4. The van der Waals surface area contributed by atoms with Crippen molar-refractivity contribution in [3.05, 3.63) is 76.9 Å². The number of rotatable bonds is 4. The van der Waals surface area contributed by atoms with Crippen molar-refractivity contribution in [3.8, 4) is 0 Å². The molecule has 4 rings (SSSR count). The van der Waals surface area contributed by atoms with Crippen LogP contribution in [0.3, 0.4) is 0 Å². The molecule has 0 N–H and O–H groups in total. The summed E-state index contributed by atoms with van der Waals surface area (Å²) in [6, 6.07) is 4.71. The highest BCUT2D eigenvalue weighted by atomic mass is 19.2. The van der Waals surface area contributed by atoms with Gasteiger partial charge >= 0.3 is 0 Å². The molecule has 1 saturated heterocycles. The molecule has 10 heteroatoms. The van der Waals surface area contributed by atoms with Gasteiger partial charge in [-0.15, -0.1) is 0 Å². The first-order valence-corrected chi connectivity index (χ1v) is 9.59. The second-order valence-electron chi connectivity index (χ2n) is 7.63. The van der Waals surface area contributed by atoms with E-state index in [2.05, 4.69) is 4.98 Å². The normalized spacial score (nSPS) is 13.9.